The molecule has 0 amide bonds. The van der Waals surface area contributed by atoms with Gasteiger partial charge in [0.05, 0.1) is 13.7 Å². The first-order valence-electron chi connectivity index (χ1n) is 8.89. The molecule has 0 aliphatic heterocycles. The van der Waals surface area contributed by atoms with E-state index in [9.17, 15) is 4.39 Å². The lowest BCUT2D eigenvalue weighted by Gasteiger charge is -2.13. The number of nitrogens with zero attached hydrogens (tertiary/aromatic N) is 5. The van der Waals surface area contributed by atoms with Gasteiger partial charge in [-0.2, -0.15) is 0 Å². The minimum absolute atomic E-state index is 0.276. The number of ether oxygens (including phenoxy) is 1. The van der Waals surface area contributed by atoms with Crippen LogP contribution in [0, 0.1) is 5.82 Å². The Bertz CT molecular complexity index is 1110. The number of hydrogen-bond acceptors (Lipinski definition) is 6. The van der Waals surface area contributed by atoms with Gasteiger partial charge in [0.1, 0.15) is 35.6 Å². The van der Waals surface area contributed by atoms with Gasteiger partial charge in [0.2, 0.25) is 0 Å². The van der Waals surface area contributed by atoms with Gasteiger partial charge >= 0.3 is 0 Å². The molecule has 0 saturated heterocycles. The fourth-order valence-electron chi connectivity index (χ4n) is 3.08. The van der Waals surface area contributed by atoms with E-state index in [1.807, 2.05) is 23.6 Å². The lowest BCUT2D eigenvalue weighted by Crippen LogP contribution is -2.09. The van der Waals surface area contributed by atoms with Crippen molar-refractivity contribution in [2.45, 2.75) is 20.0 Å². The van der Waals surface area contributed by atoms with Crippen molar-refractivity contribution in [1.29, 1.82) is 0 Å². The van der Waals surface area contributed by atoms with Crippen LogP contribution in [-0.4, -0.2) is 31.8 Å². The topological polar surface area (TPSA) is 77.8 Å². The van der Waals surface area contributed by atoms with Crippen LogP contribution in [0.15, 0.2) is 49.1 Å². The van der Waals surface area contributed by atoms with Crippen LogP contribution in [0.5, 0.6) is 5.75 Å². The van der Waals surface area contributed by atoms with Crippen molar-refractivity contribution in [3.63, 3.8) is 0 Å². The molecule has 142 valence electrons. The molecule has 2 aromatic carbocycles. The summed E-state index contributed by atoms with van der Waals surface area (Å²) in [5.41, 5.74) is 2.46. The highest BCUT2D eigenvalue weighted by molar-refractivity contribution is 5.96. The number of benzene rings is 2. The number of rotatable bonds is 6. The second-order valence-electron chi connectivity index (χ2n) is 6.19. The van der Waals surface area contributed by atoms with E-state index in [0.717, 1.165) is 28.9 Å². The van der Waals surface area contributed by atoms with Crippen LogP contribution >= 0.6 is 0 Å². The highest BCUT2D eigenvalue weighted by Gasteiger charge is 2.13. The third-order valence-corrected chi connectivity index (χ3v) is 4.55. The Labute approximate surface area is 161 Å². The summed E-state index contributed by atoms with van der Waals surface area (Å²) in [5, 5.41) is 12.2. The van der Waals surface area contributed by atoms with Crippen LogP contribution in [-0.2, 0) is 13.1 Å². The van der Waals surface area contributed by atoms with E-state index < -0.39 is 0 Å². The van der Waals surface area contributed by atoms with Gasteiger partial charge in [-0.15, -0.1) is 10.2 Å². The number of aromatic nitrogens is 5. The molecule has 0 aliphatic rings. The van der Waals surface area contributed by atoms with E-state index >= 15 is 0 Å². The number of methoxy groups -OCH3 is 1. The maximum Gasteiger partial charge on any atom is 0.152 e. The van der Waals surface area contributed by atoms with Gasteiger partial charge in [-0.25, -0.2) is 14.4 Å². The predicted octanol–water partition coefficient (Wildman–Crippen LogP) is 3.67. The van der Waals surface area contributed by atoms with Gasteiger partial charge < -0.3 is 14.6 Å². The Morgan fingerprint density at radius 1 is 1.11 bits per heavy atom. The van der Waals surface area contributed by atoms with Crippen LogP contribution in [0.1, 0.15) is 12.7 Å². The van der Waals surface area contributed by atoms with Gasteiger partial charge in [-0.1, -0.05) is 12.1 Å². The Balaban J connectivity index is 1.76. The van der Waals surface area contributed by atoms with Crippen molar-refractivity contribution in [2.24, 2.45) is 0 Å². The molecule has 28 heavy (non-hydrogen) atoms. The monoisotopic (exact) mass is 378 g/mol. The molecule has 2 heterocycles. The molecular formula is C20H19FN6O. The van der Waals surface area contributed by atoms with Crippen molar-refractivity contribution in [3.05, 3.63) is 60.7 Å². The van der Waals surface area contributed by atoms with Crippen molar-refractivity contribution < 1.29 is 9.13 Å². The Morgan fingerprint density at radius 3 is 2.68 bits per heavy atom. The number of halogens is 1. The summed E-state index contributed by atoms with van der Waals surface area (Å²) in [6, 6.07) is 10.2. The molecule has 4 rings (SSSR count). The average Bonchev–Trinajstić information content (AvgIpc) is 3.19. The largest absolute Gasteiger partial charge is 0.494 e. The predicted molar refractivity (Wildman–Crippen MR) is 105 cm³/mol. The van der Waals surface area contributed by atoms with E-state index in [0.29, 0.717) is 23.6 Å². The molecule has 7 nitrogen and oxygen atoms in total. The van der Waals surface area contributed by atoms with Crippen molar-refractivity contribution >= 4 is 16.7 Å². The van der Waals surface area contributed by atoms with E-state index in [1.54, 1.807) is 25.6 Å². The molecule has 0 radical (unpaired) electrons. The summed E-state index contributed by atoms with van der Waals surface area (Å²) in [7, 11) is 1.60. The van der Waals surface area contributed by atoms with Gasteiger partial charge in [0, 0.05) is 11.9 Å². The molecule has 8 heteroatoms. The summed E-state index contributed by atoms with van der Waals surface area (Å²) < 4.78 is 20.8. The number of nitrogens with one attached hydrogen (secondary N) is 1. The first kappa shape index (κ1) is 17.8. The summed E-state index contributed by atoms with van der Waals surface area (Å²) in [6.07, 6.45) is 3.19. The van der Waals surface area contributed by atoms with E-state index in [-0.39, 0.29) is 5.82 Å². The van der Waals surface area contributed by atoms with Crippen molar-refractivity contribution in [3.8, 4) is 16.9 Å². The molecule has 0 unspecified atom stereocenters. The lowest BCUT2D eigenvalue weighted by atomic mass is 10.0. The maximum absolute atomic E-state index is 13.3. The number of aryl methyl sites for hydroxylation is 1. The standard InChI is InChI=1S/C20H19FN6O/c1-3-27-12-25-26-18(27)10-22-20-16-8-14(13-4-6-15(21)7-5-13)9-17(28-2)19(16)23-11-24-20/h4-9,11-12H,3,10H2,1-2H3,(H,22,23,24). The van der Waals surface area contributed by atoms with Gasteiger partial charge in [-0.3, -0.25) is 0 Å². The Hall–Kier alpha value is -3.55. The Morgan fingerprint density at radius 2 is 1.93 bits per heavy atom. The molecule has 0 atom stereocenters. The second-order valence-corrected chi connectivity index (χ2v) is 6.19. The molecule has 0 fully saturated rings. The minimum Gasteiger partial charge on any atom is -0.494 e. The molecule has 0 aliphatic carbocycles. The van der Waals surface area contributed by atoms with E-state index in [4.69, 9.17) is 4.74 Å². The van der Waals surface area contributed by atoms with Crippen LogP contribution in [0.3, 0.4) is 0 Å². The zero-order valence-corrected chi connectivity index (χ0v) is 15.6. The van der Waals surface area contributed by atoms with Crippen LogP contribution in [0.25, 0.3) is 22.0 Å². The third-order valence-electron chi connectivity index (χ3n) is 4.55. The minimum atomic E-state index is -0.276. The third kappa shape index (κ3) is 3.36. The normalized spacial score (nSPS) is 11.0. The SMILES string of the molecule is CCn1cnnc1CNc1ncnc2c(OC)cc(-c3ccc(F)cc3)cc12. The zero-order chi connectivity index (χ0) is 19.5. The molecule has 0 spiro atoms. The molecule has 1 N–H and O–H groups in total. The first-order valence-corrected chi connectivity index (χ1v) is 8.89. The summed E-state index contributed by atoms with van der Waals surface area (Å²) in [5.74, 6) is 1.83. The summed E-state index contributed by atoms with van der Waals surface area (Å²) >= 11 is 0. The summed E-state index contributed by atoms with van der Waals surface area (Å²) in [6.45, 7) is 3.30. The highest BCUT2D eigenvalue weighted by Crippen LogP contribution is 2.34. The summed E-state index contributed by atoms with van der Waals surface area (Å²) in [4.78, 5) is 8.76. The van der Waals surface area contributed by atoms with Crippen molar-refractivity contribution in [2.75, 3.05) is 12.4 Å². The van der Waals surface area contributed by atoms with Gasteiger partial charge in [0.15, 0.2) is 5.82 Å². The molecule has 0 saturated carbocycles. The van der Waals surface area contributed by atoms with Crippen LogP contribution in [0.4, 0.5) is 10.2 Å². The van der Waals surface area contributed by atoms with E-state index in [2.05, 4.69) is 25.5 Å². The van der Waals surface area contributed by atoms with Crippen LogP contribution < -0.4 is 10.1 Å². The molecule has 4 aromatic rings. The van der Waals surface area contributed by atoms with E-state index in [1.165, 1.54) is 18.5 Å². The molecule has 2 aromatic heterocycles. The van der Waals surface area contributed by atoms with Crippen molar-refractivity contribution in [1.82, 2.24) is 24.7 Å². The lowest BCUT2D eigenvalue weighted by molar-refractivity contribution is 0.419. The Kier molecular flexibility index (Phi) is 4.84. The van der Waals surface area contributed by atoms with Gasteiger partial charge in [-0.05, 0) is 42.3 Å². The maximum atomic E-state index is 13.3. The molecule has 0 bridgehead atoms. The van der Waals surface area contributed by atoms with Crippen LogP contribution in [0.2, 0.25) is 0 Å². The molecular weight excluding hydrogens is 359 g/mol. The quantitative estimate of drug-likeness (QED) is 0.552. The first-order chi connectivity index (χ1) is 13.7. The fraction of sp³-hybridized carbons (Fsp3) is 0.200. The fourth-order valence-corrected chi connectivity index (χ4v) is 3.08. The number of hydrogen-bond donors (Lipinski definition) is 1. The second kappa shape index (κ2) is 7.59. The number of anilines is 1. The zero-order valence-electron chi connectivity index (χ0n) is 15.6. The number of fused-ring (bicyclic) bond motifs is 1. The average molecular weight is 378 g/mol. The highest BCUT2D eigenvalue weighted by atomic mass is 19.1. The van der Waals surface area contributed by atoms with Gasteiger partial charge in [0.25, 0.3) is 0 Å². The smallest absolute Gasteiger partial charge is 0.152 e.